The normalized spacial score (nSPS) is 20.4. The van der Waals surface area contributed by atoms with Gasteiger partial charge in [0.15, 0.2) is 0 Å². The van der Waals surface area contributed by atoms with Crippen molar-refractivity contribution >= 4 is 40.1 Å². The van der Waals surface area contributed by atoms with Crippen LogP contribution in [-0.4, -0.2) is 100 Å². The molecule has 0 bridgehead atoms. The molecule has 328 valence electrons. The van der Waals surface area contributed by atoms with Gasteiger partial charge in [-0.1, -0.05) is 25.1 Å². The number of fused-ring (bicyclic) bond motifs is 1. The molecule has 4 fully saturated rings. The summed E-state index contributed by atoms with van der Waals surface area (Å²) in [5.41, 5.74) is 24.9. The van der Waals surface area contributed by atoms with E-state index >= 15 is 4.39 Å². The van der Waals surface area contributed by atoms with Gasteiger partial charge in [0.2, 0.25) is 5.91 Å². The van der Waals surface area contributed by atoms with Crippen LogP contribution in [0.15, 0.2) is 84.5 Å². The number of likely N-dealkylation sites (tertiary alicyclic amines) is 3. The van der Waals surface area contributed by atoms with Crippen molar-refractivity contribution in [2.45, 2.75) is 82.8 Å². The number of carbonyl (C=O) groups is 3. The number of benzene rings is 3. The Hall–Kier alpha value is -6.02. The number of urea groups is 1. The van der Waals surface area contributed by atoms with E-state index in [4.69, 9.17) is 17.2 Å². The van der Waals surface area contributed by atoms with Crippen LogP contribution in [-0.2, 0) is 11.2 Å². The molecule has 0 saturated carbocycles. The Morgan fingerprint density at radius 2 is 1.69 bits per heavy atom. The van der Waals surface area contributed by atoms with E-state index in [1.165, 1.54) is 5.56 Å². The molecule has 1 atom stereocenters. The van der Waals surface area contributed by atoms with Crippen LogP contribution in [0.4, 0.5) is 14.9 Å². The molecule has 4 aliphatic heterocycles. The number of phenols is 1. The smallest absolute Gasteiger partial charge is 0.328 e. The number of anilines is 1. The summed E-state index contributed by atoms with van der Waals surface area (Å²) >= 11 is 0. The van der Waals surface area contributed by atoms with Gasteiger partial charge in [0.1, 0.15) is 17.2 Å². The third kappa shape index (κ3) is 8.83. The lowest BCUT2D eigenvalue weighted by atomic mass is 9.85. The maximum Gasteiger partial charge on any atom is 0.328 e. The summed E-state index contributed by atoms with van der Waals surface area (Å²) in [5, 5.41) is 13.8. The fourth-order valence-corrected chi connectivity index (χ4v) is 10.1. The predicted octanol–water partition coefficient (Wildman–Crippen LogP) is 6.21. The number of halogens is 1. The zero-order chi connectivity index (χ0) is 43.7. The summed E-state index contributed by atoms with van der Waals surface area (Å²) in [5.74, 6) is 0.126. The number of aromatic hydroxyl groups is 1. The van der Waals surface area contributed by atoms with E-state index in [2.05, 4.69) is 51.9 Å². The molecule has 4 aliphatic rings. The van der Waals surface area contributed by atoms with Crippen molar-refractivity contribution in [2.24, 2.45) is 17.2 Å². The molecular weight excluding hydrogens is 786 g/mol. The lowest BCUT2D eigenvalue weighted by Gasteiger charge is -2.41. The number of phenolic OH excluding ortho intramolecular Hbond substituents is 1. The maximum atomic E-state index is 16.5. The number of imide groups is 1. The number of hydrogen-bond acceptors (Lipinski definition) is 9. The van der Waals surface area contributed by atoms with Gasteiger partial charge in [0.05, 0.1) is 5.70 Å². The molecule has 8 rings (SSSR count). The lowest BCUT2D eigenvalue weighted by Crippen LogP contribution is -2.51. The SMILES string of the molecule is CCc1cc(C(=O)N2CCC(F)(CN3CCC(n4cc(C)c5cc(N6CCC(=O)NC6=O)ccc54)CC3)CC2)ccc1C1CCCN(C(/C=C(\N)c2ccccc2O)=C(N)N)C1. The van der Waals surface area contributed by atoms with Gasteiger partial charge in [-0.15, -0.1) is 0 Å². The number of alkyl halides is 1. The Morgan fingerprint density at radius 1 is 0.935 bits per heavy atom. The molecule has 4 aromatic rings. The van der Waals surface area contributed by atoms with E-state index < -0.39 is 5.67 Å². The Kier molecular flexibility index (Phi) is 12.2. The first-order valence-corrected chi connectivity index (χ1v) is 22.1. The highest BCUT2D eigenvalue weighted by atomic mass is 19.1. The van der Waals surface area contributed by atoms with Crippen LogP contribution < -0.4 is 27.4 Å². The highest BCUT2D eigenvalue weighted by molar-refractivity contribution is 6.06. The largest absolute Gasteiger partial charge is 0.507 e. The fraction of sp³-hybridized carbons (Fsp3) is 0.438. The molecule has 1 aromatic heterocycles. The maximum absolute atomic E-state index is 16.5. The standard InChI is InChI=1S/C48H60FN9O4/c1-3-32-25-33(10-12-37(32)34-7-6-19-56(29-34)42(45(51)52)27-40(50)38-8-4-5-9-43(38)59)46(61)55-23-17-48(49,18-24-55)30-54-20-14-35(15-21-54)58-28-31(2)39-26-36(11-13-41(39)58)57-22-16-44(60)53-47(57)62/h4-5,8-13,25-28,34-35,59H,3,6-7,14-24,29-30,50-52H2,1-2H3,(H,53,60,62)/b40-27-. The van der Waals surface area contributed by atoms with Crippen LogP contribution in [0.1, 0.15) is 96.4 Å². The molecule has 14 heteroatoms. The van der Waals surface area contributed by atoms with Crippen LogP contribution in [0.2, 0.25) is 0 Å². The molecule has 13 nitrogen and oxygen atoms in total. The molecular formula is C48H60FN9O4. The van der Waals surface area contributed by atoms with Crippen LogP contribution >= 0.6 is 0 Å². The van der Waals surface area contributed by atoms with E-state index in [0.29, 0.717) is 68.1 Å². The average molecular weight is 846 g/mol. The number of carbonyl (C=O) groups excluding carboxylic acids is 3. The van der Waals surface area contributed by atoms with Crippen LogP contribution in [0.25, 0.3) is 16.6 Å². The van der Waals surface area contributed by atoms with Crippen molar-refractivity contribution in [3.63, 3.8) is 0 Å². The number of hydrogen-bond donors (Lipinski definition) is 5. The number of rotatable bonds is 10. The lowest BCUT2D eigenvalue weighted by molar-refractivity contribution is -0.120. The number of piperidine rings is 3. The number of aryl methyl sites for hydroxylation is 2. The van der Waals surface area contributed by atoms with E-state index in [1.54, 1.807) is 29.2 Å². The molecule has 4 amide bonds. The molecule has 3 aromatic carbocycles. The van der Waals surface area contributed by atoms with Crippen molar-refractivity contribution in [2.75, 3.05) is 57.3 Å². The van der Waals surface area contributed by atoms with Crippen LogP contribution in [0.3, 0.4) is 0 Å². The number of allylic oxidation sites excluding steroid dienone is 1. The molecule has 0 aliphatic carbocycles. The van der Waals surface area contributed by atoms with Crippen LogP contribution in [0, 0.1) is 6.92 Å². The number of nitrogens with two attached hydrogens (primary N) is 3. The second-order valence-corrected chi connectivity index (χ2v) is 17.6. The third-order valence-electron chi connectivity index (χ3n) is 13.6. The third-order valence-corrected chi connectivity index (χ3v) is 13.6. The zero-order valence-electron chi connectivity index (χ0n) is 35.9. The van der Waals surface area contributed by atoms with E-state index in [1.807, 2.05) is 35.2 Å². The Balaban J connectivity index is 0.853. The van der Waals surface area contributed by atoms with Gasteiger partial charge in [-0.05, 0) is 104 Å². The first-order chi connectivity index (χ1) is 29.8. The van der Waals surface area contributed by atoms with Crippen molar-refractivity contribution in [3.05, 3.63) is 112 Å². The highest BCUT2D eigenvalue weighted by Gasteiger charge is 2.39. The van der Waals surface area contributed by atoms with Crippen molar-refractivity contribution in [1.82, 2.24) is 24.6 Å². The highest BCUT2D eigenvalue weighted by Crippen LogP contribution is 2.37. The number of aromatic nitrogens is 1. The Labute approximate surface area is 363 Å². The van der Waals surface area contributed by atoms with Crippen molar-refractivity contribution < 1.29 is 23.9 Å². The van der Waals surface area contributed by atoms with Gasteiger partial charge < -0.3 is 41.6 Å². The first kappa shape index (κ1) is 42.7. The van der Waals surface area contributed by atoms with E-state index in [-0.39, 0.29) is 47.8 Å². The Bertz CT molecular complexity index is 2410. The summed E-state index contributed by atoms with van der Waals surface area (Å²) in [6.07, 6.45) is 9.29. The fourth-order valence-electron chi connectivity index (χ4n) is 10.1. The Morgan fingerprint density at radius 3 is 2.40 bits per heavy atom. The monoisotopic (exact) mass is 845 g/mol. The van der Waals surface area contributed by atoms with Gasteiger partial charge in [-0.2, -0.15) is 0 Å². The molecule has 0 spiro atoms. The zero-order valence-corrected chi connectivity index (χ0v) is 35.9. The topological polar surface area (TPSA) is 179 Å². The number of para-hydroxylation sites is 1. The number of nitrogens with zero attached hydrogens (tertiary/aromatic N) is 5. The quantitative estimate of drug-likeness (QED) is 0.116. The van der Waals surface area contributed by atoms with E-state index in [0.717, 1.165) is 79.5 Å². The average Bonchev–Trinajstić information content (AvgIpc) is 3.60. The van der Waals surface area contributed by atoms with Crippen molar-refractivity contribution in [1.29, 1.82) is 0 Å². The molecule has 62 heavy (non-hydrogen) atoms. The van der Waals surface area contributed by atoms with Gasteiger partial charge in [0, 0.05) is 123 Å². The summed E-state index contributed by atoms with van der Waals surface area (Å²) in [6.45, 7) is 8.71. The molecule has 5 heterocycles. The van der Waals surface area contributed by atoms with Gasteiger partial charge >= 0.3 is 6.03 Å². The first-order valence-electron chi connectivity index (χ1n) is 22.1. The van der Waals surface area contributed by atoms with Crippen molar-refractivity contribution in [3.8, 4) is 5.75 Å². The molecule has 1 unspecified atom stereocenters. The molecule has 0 radical (unpaired) electrons. The second-order valence-electron chi connectivity index (χ2n) is 17.6. The van der Waals surface area contributed by atoms with Gasteiger partial charge in [-0.3, -0.25) is 19.8 Å². The molecule has 4 saturated heterocycles. The van der Waals surface area contributed by atoms with Crippen LogP contribution in [0.5, 0.6) is 5.75 Å². The summed E-state index contributed by atoms with van der Waals surface area (Å²) < 4.78 is 18.8. The molecule has 8 N–H and O–H groups in total. The predicted molar refractivity (Wildman–Crippen MR) is 241 cm³/mol. The van der Waals surface area contributed by atoms with Gasteiger partial charge in [-0.25, -0.2) is 9.18 Å². The minimum atomic E-state index is -1.35. The number of nitrogens with one attached hydrogen (secondary N) is 1. The van der Waals surface area contributed by atoms with E-state index in [9.17, 15) is 19.5 Å². The minimum absolute atomic E-state index is 0.0547. The summed E-state index contributed by atoms with van der Waals surface area (Å²) in [4.78, 5) is 45.9. The van der Waals surface area contributed by atoms with Gasteiger partial charge in [0.25, 0.3) is 5.91 Å². The summed E-state index contributed by atoms with van der Waals surface area (Å²) in [6, 6.07) is 18.9. The minimum Gasteiger partial charge on any atom is -0.507 e. The second kappa shape index (κ2) is 17.8. The summed E-state index contributed by atoms with van der Waals surface area (Å²) in [7, 11) is 0. The number of amides is 4.